The van der Waals surface area contributed by atoms with Gasteiger partial charge in [-0.15, -0.1) is 0 Å². The van der Waals surface area contributed by atoms with Crippen LogP contribution >= 0.6 is 0 Å². The number of aryl methyl sites for hydroxylation is 1. The summed E-state index contributed by atoms with van der Waals surface area (Å²) in [6.45, 7) is 2.65. The number of hydrogen-bond donors (Lipinski definition) is 0. The van der Waals surface area contributed by atoms with Crippen LogP contribution in [0.2, 0.25) is 0 Å². The highest BCUT2D eigenvalue weighted by molar-refractivity contribution is 5.38. The van der Waals surface area contributed by atoms with Gasteiger partial charge in [0, 0.05) is 12.4 Å². The predicted molar refractivity (Wildman–Crippen MR) is 105 cm³/mol. The Morgan fingerprint density at radius 1 is 0.667 bits per heavy atom. The molecule has 0 aliphatic rings. The molecular formula is C21H16F6N6. The molecule has 0 radical (unpaired) electrons. The van der Waals surface area contributed by atoms with Gasteiger partial charge in [-0.25, -0.2) is 19.3 Å². The number of alkyl halides is 6. The first-order chi connectivity index (χ1) is 15.4. The fraction of sp³-hybridized carbons (Fsp3) is 0.238. The normalized spacial score (nSPS) is 14.3. The van der Waals surface area contributed by atoms with Crippen LogP contribution in [0.4, 0.5) is 26.3 Å². The van der Waals surface area contributed by atoms with Gasteiger partial charge in [0.1, 0.15) is 5.41 Å². The smallest absolute Gasteiger partial charge is 0.232 e. The monoisotopic (exact) mass is 466 g/mol. The van der Waals surface area contributed by atoms with Crippen molar-refractivity contribution in [1.82, 2.24) is 29.5 Å². The molecule has 4 rings (SSSR count). The van der Waals surface area contributed by atoms with Crippen molar-refractivity contribution in [2.24, 2.45) is 0 Å². The molecule has 6 nitrogen and oxygen atoms in total. The minimum Gasteiger partial charge on any atom is -0.232 e. The zero-order chi connectivity index (χ0) is 24.0. The lowest BCUT2D eigenvalue weighted by atomic mass is 9.81. The van der Waals surface area contributed by atoms with Crippen LogP contribution in [-0.4, -0.2) is 35.7 Å². The minimum atomic E-state index is -4.83. The van der Waals surface area contributed by atoms with E-state index in [1.165, 1.54) is 35.0 Å². The Labute approximate surface area is 183 Å². The predicted octanol–water partition coefficient (Wildman–Crippen LogP) is 5.04. The van der Waals surface area contributed by atoms with E-state index in [9.17, 15) is 26.3 Å². The van der Waals surface area contributed by atoms with Crippen molar-refractivity contribution in [2.45, 2.75) is 31.6 Å². The maximum absolute atomic E-state index is 14.4. The quantitative estimate of drug-likeness (QED) is 0.395. The Kier molecular flexibility index (Phi) is 5.26. The average molecular weight is 466 g/mol. The Bertz CT molecular complexity index is 1290. The third-order valence-corrected chi connectivity index (χ3v) is 5.13. The molecule has 0 spiro atoms. The summed E-state index contributed by atoms with van der Waals surface area (Å²) < 4.78 is 84.1. The molecule has 0 aromatic carbocycles. The highest BCUT2D eigenvalue weighted by Crippen LogP contribution is 2.45. The number of aromatic nitrogens is 6. The summed E-state index contributed by atoms with van der Waals surface area (Å²) >= 11 is 0. The van der Waals surface area contributed by atoms with E-state index in [2.05, 4.69) is 20.2 Å². The van der Waals surface area contributed by atoms with Crippen LogP contribution in [0.15, 0.2) is 60.9 Å². The topological polar surface area (TPSA) is 61.4 Å². The molecule has 172 valence electrons. The van der Waals surface area contributed by atoms with Gasteiger partial charge in [-0.05, 0) is 50.2 Å². The molecular weight excluding hydrogens is 450 g/mol. The van der Waals surface area contributed by atoms with Crippen LogP contribution in [0.5, 0.6) is 0 Å². The molecule has 12 heteroatoms. The number of rotatable bonds is 4. The van der Waals surface area contributed by atoms with Crippen LogP contribution in [-0.2, 0) is 11.6 Å². The third kappa shape index (κ3) is 4.08. The summed E-state index contributed by atoms with van der Waals surface area (Å²) in [5.74, 6) is -0.0218. The molecule has 0 N–H and O–H groups in total. The van der Waals surface area contributed by atoms with Crippen molar-refractivity contribution >= 4 is 0 Å². The first-order valence-electron chi connectivity index (χ1n) is 9.57. The van der Waals surface area contributed by atoms with Gasteiger partial charge in [-0.1, -0.05) is 12.1 Å². The van der Waals surface area contributed by atoms with E-state index in [1.807, 2.05) is 0 Å². The Morgan fingerprint density at radius 3 is 1.61 bits per heavy atom. The Balaban J connectivity index is 1.82. The standard InChI is InChI=1S/C21H16F6N6/c1-13-9-11-32(30-13)17-7-3-5-14(28-17)19(2,21(25,26)27)15-6-4-8-18(29-15)33-12-10-16(31-33)20(22,23)24/h3-12H,1-2H3. The SMILES string of the molecule is Cc1ccn(-c2cccc(C(C)(c3cccc(-n4ccc(C(F)(F)F)n4)n3)C(F)(F)F)n2)n1. The molecule has 1 unspecified atom stereocenters. The van der Waals surface area contributed by atoms with Gasteiger partial charge < -0.3 is 0 Å². The van der Waals surface area contributed by atoms with E-state index in [-0.39, 0.29) is 17.3 Å². The molecule has 0 fully saturated rings. The summed E-state index contributed by atoms with van der Waals surface area (Å²) in [5, 5.41) is 7.56. The molecule has 0 bridgehead atoms. The van der Waals surface area contributed by atoms with Gasteiger partial charge in [0.05, 0.1) is 17.1 Å². The van der Waals surface area contributed by atoms with Gasteiger partial charge >= 0.3 is 12.4 Å². The largest absolute Gasteiger partial charge is 0.435 e. The van der Waals surface area contributed by atoms with Crippen molar-refractivity contribution in [3.05, 3.63) is 83.7 Å². The lowest BCUT2D eigenvalue weighted by Gasteiger charge is -2.31. The molecule has 0 saturated carbocycles. The zero-order valence-electron chi connectivity index (χ0n) is 17.2. The first-order valence-corrected chi connectivity index (χ1v) is 9.57. The highest BCUT2D eigenvalue weighted by Gasteiger charge is 2.56. The van der Waals surface area contributed by atoms with Crippen molar-refractivity contribution in [3.8, 4) is 11.6 Å². The molecule has 4 heterocycles. The summed E-state index contributed by atoms with van der Waals surface area (Å²) in [5.41, 5.74) is -3.98. The Morgan fingerprint density at radius 2 is 1.18 bits per heavy atom. The molecule has 0 saturated heterocycles. The lowest BCUT2D eigenvalue weighted by Crippen LogP contribution is -2.42. The molecule has 4 aromatic rings. The van der Waals surface area contributed by atoms with Crippen molar-refractivity contribution in [3.63, 3.8) is 0 Å². The van der Waals surface area contributed by atoms with Gasteiger partial charge in [-0.2, -0.15) is 36.5 Å². The molecule has 4 aromatic heterocycles. The number of halogens is 6. The van der Waals surface area contributed by atoms with Crippen LogP contribution in [0.3, 0.4) is 0 Å². The fourth-order valence-electron chi connectivity index (χ4n) is 3.23. The first kappa shape index (κ1) is 22.5. The summed E-state index contributed by atoms with van der Waals surface area (Å²) in [6, 6.07) is 10.2. The minimum absolute atomic E-state index is 0.175. The van der Waals surface area contributed by atoms with E-state index in [0.717, 1.165) is 23.9 Å². The van der Waals surface area contributed by atoms with Gasteiger partial charge in [-0.3, -0.25) is 0 Å². The van der Waals surface area contributed by atoms with Crippen LogP contribution in [0.1, 0.15) is 29.7 Å². The van der Waals surface area contributed by atoms with E-state index >= 15 is 0 Å². The molecule has 1 atom stereocenters. The van der Waals surface area contributed by atoms with Crippen molar-refractivity contribution in [1.29, 1.82) is 0 Å². The van der Waals surface area contributed by atoms with Gasteiger partial charge in [0.25, 0.3) is 0 Å². The van der Waals surface area contributed by atoms with E-state index in [4.69, 9.17) is 0 Å². The van der Waals surface area contributed by atoms with E-state index in [0.29, 0.717) is 11.8 Å². The van der Waals surface area contributed by atoms with Crippen LogP contribution < -0.4 is 0 Å². The van der Waals surface area contributed by atoms with E-state index in [1.54, 1.807) is 19.2 Å². The second-order valence-electron chi connectivity index (χ2n) is 7.43. The molecule has 0 aliphatic heterocycles. The fourth-order valence-corrected chi connectivity index (χ4v) is 3.23. The molecule has 33 heavy (non-hydrogen) atoms. The summed E-state index contributed by atoms with van der Waals surface area (Å²) in [4.78, 5) is 8.19. The van der Waals surface area contributed by atoms with E-state index < -0.39 is 29.2 Å². The van der Waals surface area contributed by atoms with Crippen LogP contribution in [0.25, 0.3) is 11.6 Å². The number of hydrogen-bond acceptors (Lipinski definition) is 4. The zero-order valence-corrected chi connectivity index (χ0v) is 17.2. The third-order valence-electron chi connectivity index (χ3n) is 5.13. The van der Waals surface area contributed by atoms with Crippen molar-refractivity contribution < 1.29 is 26.3 Å². The maximum Gasteiger partial charge on any atom is 0.435 e. The summed E-state index contributed by atoms with van der Waals surface area (Å²) in [7, 11) is 0. The second-order valence-corrected chi connectivity index (χ2v) is 7.43. The summed E-state index contributed by atoms with van der Waals surface area (Å²) in [6.07, 6.45) is -6.97. The number of nitrogens with zero attached hydrogens (tertiary/aromatic N) is 6. The Hall–Kier alpha value is -3.70. The molecule has 0 aliphatic carbocycles. The number of pyridine rings is 2. The highest BCUT2D eigenvalue weighted by atomic mass is 19.4. The lowest BCUT2D eigenvalue weighted by molar-refractivity contribution is -0.175. The van der Waals surface area contributed by atoms with Crippen molar-refractivity contribution in [2.75, 3.05) is 0 Å². The maximum atomic E-state index is 14.4. The van der Waals surface area contributed by atoms with Crippen LogP contribution in [0, 0.1) is 6.92 Å². The van der Waals surface area contributed by atoms with Gasteiger partial charge in [0.15, 0.2) is 17.3 Å². The molecule has 0 amide bonds. The van der Waals surface area contributed by atoms with Gasteiger partial charge in [0.2, 0.25) is 0 Å². The second kappa shape index (κ2) is 7.71. The average Bonchev–Trinajstić information content (AvgIpc) is 3.42.